The van der Waals surface area contributed by atoms with E-state index in [1.54, 1.807) is 17.0 Å². The summed E-state index contributed by atoms with van der Waals surface area (Å²) in [6.45, 7) is 0.372. The van der Waals surface area contributed by atoms with E-state index in [4.69, 9.17) is 0 Å². The van der Waals surface area contributed by atoms with Gasteiger partial charge in [0.25, 0.3) is 0 Å². The van der Waals surface area contributed by atoms with Crippen molar-refractivity contribution in [1.82, 2.24) is 10.2 Å². The predicted molar refractivity (Wildman–Crippen MR) is 111 cm³/mol. The van der Waals surface area contributed by atoms with E-state index in [1.807, 2.05) is 42.5 Å². The zero-order valence-corrected chi connectivity index (χ0v) is 16.9. The Balaban J connectivity index is 1.66. The van der Waals surface area contributed by atoms with Crippen molar-refractivity contribution in [3.8, 4) is 0 Å². The van der Waals surface area contributed by atoms with Gasteiger partial charge in [0.2, 0.25) is 17.7 Å². The highest BCUT2D eigenvalue weighted by molar-refractivity contribution is 9.10. The van der Waals surface area contributed by atoms with E-state index in [0.29, 0.717) is 18.7 Å². The van der Waals surface area contributed by atoms with Gasteiger partial charge in [-0.15, -0.1) is 0 Å². The highest BCUT2D eigenvalue weighted by Gasteiger charge is 2.32. The average Bonchev–Trinajstić information content (AvgIpc) is 2.71. The third-order valence-corrected chi connectivity index (χ3v) is 5.12. The summed E-state index contributed by atoms with van der Waals surface area (Å²) in [6, 6.07) is 15.6. The molecule has 1 saturated heterocycles. The summed E-state index contributed by atoms with van der Waals surface area (Å²) in [4.78, 5) is 39.1. The Bertz CT molecular complexity index is 840. The van der Waals surface area contributed by atoms with Gasteiger partial charge in [0.1, 0.15) is 6.04 Å². The Morgan fingerprint density at radius 1 is 1.04 bits per heavy atom. The summed E-state index contributed by atoms with van der Waals surface area (Å²) in [5.41, 5.74) is 1.39. The maximum absolute atomic E-state index is 12.9. The molecule has 0 spiro atoms. The fraction of sp³-hybridized carbons (Fsp3) is 0.286. The molecule has 1 heterocycles. The SMILES string of the molecule is O=C(CNC(=O)C(c1ccccc1)N1CCCCC1=O)Nc1ccc(Br)cc1. The Morgan fingerprint density at radius 2 is 1.75 bits per heavy atom. The molecular weight excluding hydrogens is 422 g/mol. The van der Waals surface area contributed by atoms with Crippen molar-refractivity contribution in [3.63, 3.8) is 0 Å². The fourth-order valence-electron chi connectivity index (χ4n) is 3.21. The number of halogens is 1. The minimum atomic E-state index is -0.727. The molecular formula is C21H22BrN3O3. The summed E-state index contributed by atoms with van der Waals surface area (Å²) in [6.07, 6.45) is 2.15. The van der Waals surface area contributed by atoms with Crippen molar-refractivity contribution in [1.29, 1.82) is 0 Å². The third kappa shape index (κ3) is 5.19. The number of piperidine rings is 1. The molecule has 2 N–H and O–H groups in total. The molecule has 0 bridgehead atoms. The number of rotatable bonds is 6. The molecule has 3 rings (SSSR count). The van der Waals surface area contributed by atoms with E-state index in [9.17, 15) is 14.4 Å². The number of amides is 3. The lowest BCUT2D eigenvalue weighted by atomic mass is 10.0. The van der Waals surface area contributed by atoms with Crippen LogP contribution in [0.3, 0.4) is 0 Å². The van der Waals surface area contributed by atoms with Crippen molar-refractivity contribution >= 4 is 39.3 Å². The average molecular weight is 444 g/mol. The standard InChI is InChI=1S/C21H22BrN3O3/c22-16-9-11-17(12-10-16)24-18(26)14-23-21(28)20(15-6-2-1-3-7-15)25-13-5-4-8-19(25)27/h1-3,6-7,9-12,20H,4-5,8,13-14H2,(H,23,28)(H,24,26). The molecule has 146 valence electrons. The highest BCUT2D eigenvalue weighted by Crippen LogP contribution is 2.25. The molecule has 2 aromatic rings. The first-order valence-electron chi connectivity index (χ1n) is 9.22. The van der Waals surface area contributed by atoms with Gasteiger partial charge >= 0.3 is 0 Å². The van der Waals surface area contributed by atoms with E-state index in [2.05, 4.69) is 26.6 Å². The van der Waals surface area contributed by atoms with Crippen LogP contribution in [-0.2, 0) is 14.4 Å². The number of hydrogen-bond donors (Lipinski definition) is 2. The summed E-state index contributed by atoms with van der Waals surface area (Å²) in [7, 11) is 0. The number of nitrogens with one attached hydrogen (secondary N) is 2. The maximum atomic E-state index is 12.9. The minimum Gasteiger partial charge on any atom is -0.345 e. The lowest BCUT2D eigenvalue weighted by molar-refractivity contribution is -0.142. The molecule has 0 radical (unpaired) electrons. The molecule has 2 aromatic carbocycles. The van der Waals surface area contributed by atoms with E-state index < -0.39 is 6.04 Å². The topological polar surface area (TPSA) is 78.5 Å². The summed E-state index contributed by atoms with van der Waals surface area (Å²) >= 11 is 3.34. The molecule has 3 amide bonds. The number of carbonyl (C=O) groups is 3. The van der Waals surface area contributed by atoms with Gasteiger partial charge in [0.15, 0.2) is 0 Å². The molecule has 0 saturated carbocycles. The third-order valence-electron chi connectivity index (χ3n) is 4.59. The van der Waals surface area contributed by atoms with E-state index in [-0.39, 0.29) is 24.3 Å². The molecule has 1 fully saturated rings. The van der Waals surface area contributed by atoms with Gasteiger partial charge in [-0.2, -0.15) is 0 Å². The van der Waals surface area contributed by atoms with Gasteiger partial charge < -0.3 is 15.5 Å². The molecule has 1 aliphatic rings. The second-order valence-electron chi connectivity index (χ2n) is 6.63. The van der Waals surface area contributed by atoms with Crippen LogP contribution in [0.2, 0.25) is 0 Å². The van der Waals surface area contributed by atoms with Crippen molar-refractivity contribution in [2.75, 3.05) is 18.4 Å². The number of benzene rings is 2. The Morgan fingerprint density at radius 3 is 2.43 bits per heavy atom. The summed E-state index contributed by atoms with van der Waals surface area (Å²) < 4.78 is 0.913. The van der Waals surface area contributed by atoms with Gasteiger partial charge in [0, 0.05) is 23.1 Å². The van der Waals surface area contributed by atoms with Gasteiger partial charge in [0.05, 0.1) is 6.54 Å². The van der Waals surface area contributed by atoms with Crippen molar-refractivity contribution in [2.45, 2.75) is 25.3 Å². The Labute approximate surface area is 172 Å². The number of hydrogen-bond acceptors (Lipinski definition) is 3. The van der Waals surface area contributed by atoms with Crippen LogP contribution in [0.5, 0.6) is 0 Å². The van der Waals surface area contributed by atoms with Crippen molar-refractivity contribution in [2.24, 2.45) is 0 Å². The molecule has 0 aromatic heterocycles. The zero-order valence-electron chi connectivity index (χ0n) is 15.4. The fourth-order valence-corrected chi connectivity index (χ4v) is 3.47. The predicted octanol–water partition coefficient (Wildman–Crippen LogP) is 3.26. The smallest absolute Gasteiger partial charge is 0.247 e. The maximum Gasteiger partial charge on any atom is 0.247 e. The van der Waals surface area contributed by atoms with Crippen LogP contribution in [0.15, 0.2) is 59.1 Å². The summed E-state index contributed by atoms with van der Waals surface area (Å²) in [5.74, 6) is -0.713. The van der Waals surface area contributed by atoms with Crippen LogP contribution in [0.25, 0.3) is 0 Å². The highest BCUT2D eigenvalue weighted by atomic mass is 79.9. The number of likely N-dealkylation sites (tertiary alicyclic amines) is 1. The molecule has 0 aliphatic carbocycles. The van der Waals surface area contributed by atoms with Crippen LogP contribution in [0.4, 0.5) is 5.69 Å². The van der Waals surface area contributed by atoms with Gasteiger partial charge in [-0.3, -0.25) is 14.4 Å². The van der Waals surface area contributed by atoms with Gasteiger partial charge in [-0.1, -0.05) is 46.3 Å². The molecule has 1 aliphatic heterocycles. The Hall–Kier alpha value is -2.67. The molecule has 6 nitrogen and oxygen atoms in total. The first-order valence-corrected chi connectivity index (χ1v) is 10.0. The quantitative estimate of drug-likeness (QED) is 0.718. The van der Waals surface area contributed by atoms with E-state index in [0.717, 1.165) is 22.9 Å². The molecule has 7 heteroatoms. The first-order chi connectivity index (χ1) is 13.5. The normalized spacial score (nSPS) is 15.0. The van der Waals surface area contributed by atoms with Crippen LogP contribution >= 0.6 is 15.9 Å². The largest absolute Gasteiger partial charge is 0.345 e. The molecule has 1 unspecified atom stereocenters. The lowest BCUT2D eigenvalue weighted by Gasteiger charge is -2.34. The zero-order chi connectivity index (χ0) is 19.9. The van der Waals surface area contributed by atoms with Gasteiger partial charge in [-0.05, 0) is 42.7 Å². The Kier molecular flexibility index (Phi) is 6.81. The lowest BCUT2D eigenvalue weighted by Crippen LogP contribution is -2.47. The second-order valence-corrected chi connectivity index (χ2v) is 7.55. The number of nitrogens with zero attached hydrogens (tertiary/aromatic N) is 1. The number of anilines is 1. The first kappa shape index (κ1) is 20.1. The van der Waals surface area contributed by atoms with E-state index >= 15 is 0 Å². The monoisotopic (exact) mass is 443 g/mol. The van der Waals surface area contributed by atoms with Gasteiger partial charge in [-0.25, -0.2) is 0 Å². The van der Waals surface area contributed by atoms with Crippen LogP contribution < -0.4 is 10.6 Å². The van der Waals surface area contributed by atoms with Crippen LogP contribution in [0.1, 0.15) is 30.9 Å². The van der Waals surface area contributed by atoms with Crippen molar-refractivity contribution in [3.05, 3.63) is 64.6 Å². The van der Waals surface area contributed by atoms with Crippen molar-refractivity contribution < 1.29 is 14.4 Å². The van der Waals surface area contributed by atoms with Crippen LogP contribution in [0, 0.1) is 0 Å². The molecule has 28 heavy (non-hydrogen) atoms. The summed E-state index contributed by atoms with van der Waals surface area (Å²) in [5, 5.41) is 5.41. The minimum absolute atomic E-state index is 0.0328. The van der Waals surface area contributed by atoms with E-state index in [1.165, 1.54) is 0 Å². The van der Waals surface area contributed by atoms with Crippen LogP contribution in [-0.4, -0.2) is 35.7 Å². The number of carbonyl (C=O) groups excluding carboxylic acids is 3. The second kappa shape index (κ2) is 9.50. The molecule has 1 atom stereocenters.